The molecular weight excluding hydrogens is 160 g/mol. The quantitative estimate of drug-likeness (QED) is 0.670. The summed E-state index contributed by atoms with van der Waals surface area (Å²) in [6, 6.07) is 7.36. The highest BCUT2D eigenvalue weighted by atomic mass is 32.1. The Kier molecular flexibility index (Phi) is 3.26. The summed E-state index contributed by atoms with van der Waals surface area (Å²) < 4.78 is 5.14. The van der Waals surface area contributed by atoms with E-state index in [4.69, 9.17) is 9.84 Å². The Bertz CT molecular complexity index is 225. The maximum Gasteiger partial charge on any atom is 0.120 e. The molecular formula is C8H10O2S. The van der Waals surface area contributed by atoms with Crippen LogP contribution in [0.2, 0.25) is 0 Å². The lowest BCUT2D eigenvalue weighted by atomic mass is 10.3. The van der Waals surface area contributed by atoms with E-state index in [0.29, 0.717) is 6.61 Å². The molecule has 2 nitrogen and oxygen atoms in total. The second kappa shape index (κ2) is 4.26. The molecule has 60 valence electrons. The van der Waals surface area contributed by atoms with Crippen LogP contribution in [0.4, 0.5) is 0 Å². The lowest BCUT2D eigenvalue weighted by molar-refractivity contribution is 0.201. The van der Waals surface area contributed by atoms with Gasteiger partial charge in [-0.25, -0.2) is 0 Å². The fourth-order valence-corrected chi connectivity index (χ4v) is 0.950. The second-order valence-electron chi connectivity index (χ2n) is 2.07. The lowest BCUT2D eigenvalue weighted by Gasteiger charge is -2.03. The van der Waals surface area contributed by atoms with E-state index in [1.54, 1.807) is 6.07 Å². The Morgan fingerprint density at radius 3 is 2.91 bits per heavy atom. The van der Waals surface area contributed by atoms with Crippen LogP contribution in [-0.2, 0) is 0 Å². The van der Waals surface area contributed by atoms with Crippen molar-refractivity contribution in [2.75, 3.05) is 13.2 Å². The summed E-state index contributed by atoms with van der Waals surface area (Å²) in [5, 5.41) is 8.45. The van der Waals surface area contributed by atoms with E-state index in [1.165, 1.54) is 0 Å². The minimum absolute atomic E-state index is 0.0385. The third-order valence-corrected chi connectivity index (χ3v) is 1.46. The number of hydrogen-bond donors (Lipinski definition) is 2. The monoisotopic (exact) mass is 170 g/mol. The molecule has 0 amide bonds. The number of hydrogen-bond acceptors (Lipinski definition) is 3. The predicted molar refractivity (Wildman–Crippen MR) is 46.3 cm³/mol. The molecule has 0 radical (unpaired) electrons. The van der Waals surface area contributed by atoms with Crippen molar-refractivity contribution in [1.82, 2.24) is 0 Å². The van der Waals surface area contributed by atoms with Crippen molar-refractivity contribution in [2.24, 2.45) is 0 Å². The summed E-state index contributed by atoms with van der Waals surface area (Å²) in [4.78, 5) is 0.862. The second-order valence-corrected chi connectivity index (χ2v) is 2.59. The molecule has 1 aromatic carbocycles. The maximum atomic E-state index is 8.45. The lowest BCUT2D eigenvalue weighted by Crippen LogP contribution is -2.01. The SMILES string of the molecule is OCCOc1cccc(S)c1. The predicted octanol–water partition coefficient (Wildman–Crippen LogP) is 1.35. The standard InChI is InChI=1S/C8H10O2S/c9-4-5-10-7-2-1-3-8(11)6-7/h1-3,6,9,11H,4-5H2. The molecule has 0 aliphatic carbocycles. The summed E-state index contributed by atoms with van der Waals surface area (Å²) in [5.41, 5.74) is 0. The molecule has 11 heavy (non-hydrogen) atoms. The zero-order valence-electron chi connectivity index (χ0n) is 6.03. The van der Waals surface area contributed by atoms with Crippen LogP contribution in [0.1, 0.15) is 0 Å². The van der Waals surface area contributed by atoms with Gasteiger partial charge in [-0.3, -0.25) is 0 Å². The highest BCUT2D eigenvalue weighted by Gasteiger charge is 1.91. The first-order chi connectivity index (χ1) is 5.33. The Morgan fingerprint density at radius 1 is 1.45 bits per heavy atom. The summed E-state index contributed by atoms with van der Waals surface area (Å²) in [7, 11) is 0. The van der Waals surface area contributed by atoms with E-state index >= 15 is 0 Å². The van der Waals surface area contributed by atoms with E-state index in [-0.39, 0.29) is 6.61 Å². The van der Waals surface area contributed by atoms with Crippen LogP contribution >= 0.6 is 12.6 Å². The number of rotatable bonds is 3. The van der Waals surface area contributed by atoms with E-state index in [9.17, 15) is 0 Å². The number of aliphatic hydroxyl groups is 1. The van der Waals surface area contributed by atoms with Crippen LogP contribution in [0.5, 0.6) is 5.75 Å². The highest BCUT2D eigenvalue weighted by molar-refractivity contribution is 7.80. The van der Waals surface area contributed by atoms with Crippen molar-refractivity contribution in [3.8, 4) is 5.75 Å². The summed E-state index contributed by atoms with van der Waals surface area (Å²) in [6.45, 7) is 0.369. The van der Waals surface area contributed by atoms with E-state index in [0.717, 1.165) is 10.6 Å². The van der Waals surface area contributed by atoms with Gasteiger partial charge in [0, 0.05) is 4.90 Å². The number of aliphatic hydroxyl groups excluding tert-OH is 1. The van der Waals surface area contributed by atoms with Gasteiger partial charge in [0.1, 0.15) is 12.4 Å². The molecule has 1 aromatic rings. The average molecular weight is 170 g/mol. The van der Waals surface area contributed by atoms with Crippen LogP contribution in [0, 0.1) is 0 Å². The van der Waals surface area contributed by atoms with Gasteiger partial charge >= 0.3 is 0 Å². The van der Waals surface area contributed by atoms with Gasteiger partial charge in [0.25, 0.3) is 0 Å². The summed E-state index contributed by atoms with van der Waals surface area (Å²) >= 11 is 4.13. The minimum Gasteiger partial charge on any atom is -0.491 e. The van der Waals surface area contributed by atoms with Crippen molar-refractivity contribution in [2.45, 2.75) is 4.90 Å². The zero-order chi connectivity index (χ0) is 8.10. The Hall–Kier alpha value is -0.670. The highest BCUT2D eigenvalue weighted by Crippen LogP contribution is 2.15. The van der Waals surface area contributed by atoms with Gasteiger partial charge in [-0.1, -0.05) is 6.07 Å². The van der Waals surface area contributed by atoms with Crippen LogP contribution in [-0.4, -0.2) is 18.3 Å². The summed E-state index contributed by atoms with van der Waals surface area (Å²) in [5.74, 6) is 0.742. The van der Waals surface area contributed by atoms with Gasteiger partial charge in [0.15, 0.2) is 0 Å². The van der Waals surface area contributed by atoms with Crippen molar-refractivity contribution in [1.29, 1.82) is 0 Å². The van der Waals surface area contributed by atoms with Gasteiger partial charge in [-0.15, -0.1) is 12.6 Å². The van der Waals surface area contributed by atoms with Crippen molar-refractivity contribution in [3.63, 3.8) is 0 Å². The Balaban J connectivity index is 2.56. The molecule has 0 saturated heterocycles. The normalized spacial score (nSPS) is 9.64. The van der Waals surface area contributed by atoms with Crippen LogP contribution < -0.4 is 4.74 Å². The number of ether oxygens (including phenoxy) is 1. The molecule has 1 N–H and O–H groups in total. The fraction of sp³-hybridized carbons (Fsp3) is 0.250. The third kappa shape index (κ3) is 2.82. The first kappa shape index (κ1) is 8.43. The average Bonchev–Trinajstić information content (AvgIpc) is 2.01. The molecule has 0 heterocycles. The van der Waals surface area contributed by atoms with Crippen LogP contribution in [0.15, 0.2) is 29.2 Å². The van der Waals surface area contributed by atoms with Gasteiger partial charge in [-0.2, -0.15) is 0 Å². The maximum absolute atomic E-state index is 8.45. The topological polar surface area (TPSA) is 29.5 Å². The van der Waals surface area contributed by atoms with E-state index < -0.39 is 0 Å². The molecule has 0 aromatic heterocycles. The van der Waals surface area contributed by atoms with Crippen molar-refractivity contribution in [3.05, 3.63) is 24.3 Å². The van der Waals surface area contributed by atoms with Crippen LogP contribution in [0.3, 0.4) is 0 Å². The van der Waals surface area contributed by atoms with E-state index in [1.807, 2.05) is 18.2 Å². The molecule has 0 saturated carbocycles. The molecule has 0 fully saturated rings. The molecule has 0 unspecified atom stereocenters. The number of thiol groups is 1. The van der Waals surface area contributed by atoms with Crippen molar-refractivity contribution < 1.29 is 9.84 Å². The van der Waals surface area contributed by atoms with Gasteiger partial charge in [0.2, 0.25) is 0 Å². The molecule has 0 aliphatic rings. The third-order valence-electron chi connectivity index (χ3n) is 1.18. The minimum atomic E-state index is 0.0385. The van der Waals surface area contributed by atoms with Crippen molar-refractivity contribution >= 4 is 12.6 Å². The number of benzene rings is 1. The molecule has 3 heteroatoms. The van der Waals surface area contributed by atoms with Gasteiger partial charge in [-0.05, 0) is 18.2 Å². The van der Waals surface area contributed by atoms with Gasteiger partial charge in [0.05, 0.1) is 6.61 Å². The fourth-order valence-electron chi connectivity index (χ4n) is 0.737. The smallest absolute Gasteiger partial charge is 0.120 e. The largest absolute Gasteiger partial charge is 0.491 e. The van der Waals surface area contributed by atoms with Crippen LogP contribution in [0.25, 0.3) is 0 Å². The Labute approximate surface area is 71.2 Å². The first-order valence-electron chi connectivity index (χ1n) is 3.35. The molecule has 1 rings (SSSR count). The van der Waals surface area contributed by atoms with Gasteiger partial charge < -0.3 is 9.84 Å². The molecule has 0 atom stereocenters. The molecule has 0 spiro atoms. The first-order valence-corrected chi connectivity index (χ1v) is 3.80. The Morgan fingerprint density at radius 2 is 2.27 bits per heavy atom. The summed E-state index contributed by atoms with van der Waals surface area (Å²) in [6.07, 6.45) is 0. The zero-order valence-corrected chi connectivity index (χ0v) is 6.92. The molecule has 0 bridgehead atoms. The molecule has 0 aliphatic heterocycles. The van der Waals surface area contributed by atoms with E-state index in [2.05, 4.69) is 12.6 Å².